The van der Waals surface area contributed by atoms with Crippen molar-refractivity contribution in [1.82, 2.24) is 9.97 Å². The Morgan fingerprint density at radius 3 is 2.67 bits per heavy atom. The van der Waals surface area contributed by atoms with Crippen molar-refractivity contribution in [2.45, 2.75) is 5.75 Å². The molecule has 108 valence electrons. The van der Waals surface area contributed by atoms with Crippen molar-refractivity contribution >= 4 is 39.0 Å². The molecule has 0 amide bonds. The second kappa shape index (κ2) is 6.26. The van der Waals surface area contributed by atoms with Crippen LogP contribution in [0.4, 0.5) is 5.82 Å². The molecule has 2 rings (SSSR count). The summed E-state index contributed by atoms with van der Waals surface area (Å²) in [6.07, 6.45) is 1.09. The number of sulfonamides is 1. The molecule has 0 aliphatic heterocycles. The Kier molecular flexibility index (Phi) is 4.63. The fourth-order valence-electron chi connectivity index (χ4n) is 1.56. The summed E-state index contributed by atoms with van der Waals surface area (Å²) in [5, 5.41) is 8.82. The number of benzene rings is 1. The van der Waals surface area contributed by atoms with E-state index in [2.05, 4.69) is 14.7 Å². The number of hydrogen-bond donors (Lipinski definition) is 1. The van der Waals surface area contributed by atoms with Crippen molar-refractivity contribution in [2.24, 2.45) is 0 Å². The first-order valence-electron chi connectivity index (χ1n) is 5.57. The van der Waals surface area contributed by atoms with Gasteiger partial charge < -0.3 is 0 Å². The van der Waals surface area contributed by atoms with E-state index in [4.69, 9.17) is 28.5 Å². The summed E-state index contributed by atoms with van der Waals surface area (Å²) in [6, 6.07) is 8.35. The topological polar surface area (TPSA) is 95.7 Å². The maximum absolute atomic E-state index is 12.1. The zero-order valence-corrected chi connectivity index (χ0v) is 12.7. The second-order valence-corrected chi connectivity index (χ2v) is 6.42. The number of halogens is 2. The molecule has 0 atom stereocenters. The van der Waals surface area contributed by atoms with E-state index in [1.807, 2.05) is 6.07 Å². The summed E-state index contributed by atoms with van der Waals surface area (Å²) in [5.74, 6) is -0.486. The third kappa shape index (κ3) is 3.82. The maximum atomic E-state index is 12.1. The van der Waals surface area contributed by atoms with E-state index in [1.165, 1.54) is 0 Å². The summed E-state index contributed by atoms with van der Waals surface area (Å²) in [6.45, 7) is 0. The van der Waals surface area contributed by atoms with Gasteiger partial charge >= 0.3 is 0 Å². The van der Waals surface area contributed by atoms with Crippen LogP contribution in [-0.4, -0.2) is 18.4 Å². The minimum Gasteiger partial charge on any atom is -0.266 e. The van der Waals surface area contributed by atoms with Crippen LogP contribution in [0.2, 0.25) is 10.2 Å². The van der Waals surface area contributed by atoms with Crippen molar-refractivity contribution in [3.63, 3.8) is 0 Å². The Morgan fingerprint density at radius 1 is 1.24 bits per heavy atom. The number of anilines is 1. The zero-order valence-electron chi connectivity index (χ0n) is 10.4. The number of rotatable bonds is 4. The Labute approximate surface area is 131 Å². The van der Waals surface area contributed by atoms with Crippen LogP contribution in [0, 0.1) is 11.3 Å². The molecule has 21 heavy (non-hydrogen) atoms. The molecule has 2 aromatic rings. The monoisotopic (exact) mass is 342 g/mol. The van der Waals surface area contributed by atoms with Gasteiger partial charge in [0.25, 0.3) is 0 Å². The lowest BCUT2D eigenvalue weighted by Crippen LogP contribution is -2.17. The van der Waals surface area contributed by atoms with E-state index in [9.17, 15) is 8.42 Å². The average Bonchev–Trinajstić information content (AvgIpc) is 2.44. The highest BCUT2D eigenvalue weighted by atomic mass is 35.5. The summed E-state index contributed by atoms with van der Waals surface area (Å²) in [5.41, 5.74) is 0.665. The van der Waals surface area contributed by atoms with Crippen LogP contribution < -0.4 is 4.72 Å². The van der Waals surface area contributed by atoms with Crippen molar-refractivity contribution < 1.29 is 8.42 Å². The highest BCUT2D eigenvalue weighted by molar-refractivity contribution is 7.91. The molecule has 0 radical (unpaired) electrons. The average molecular weight is 343 g/mol. The number of nitrogens with zero attached hydrogens (tertiary/aromatic N) is 3. The molecule has 1 aromatic carbocycles. The van der Waals surface area contributed by atoms with Crippen molar-refractivity contribution in [2.75, 3.05) is 4.72 Å². The normalized spacial score (nSPS) is 10.9. The predicted octanol–water partition coefficient (Wildman–Crippen LogP) is 2.60. The van der Waals surface area contributed by atoms with E-state index in [-0.39, 0.29) is 27.3 Å². The third-order valence-electron chi connectivity index (χ3n) is 2.48. The Morgan fingerprint density at radius 2 is 1.95 bits per heavy atom. The molecular weight excluding hydrogens is 335 g/mol. The molecule has 0 aliphatic rings. The number of hydrogen-bond acceptors (Lipinski definition) is 5. The van der Waals surface area contributed by atoms with Gasteiger partial charge in [0.2, 0.25) is 10.0 Å². The van der Waals surface area contributed by atoms with Crippen LogP contribution in [0.5, 0.6) is 0 Å². The van der Waals surface area contributed by atoms with Crippen LogP contribution in [0.25, 0.3) is 0 Å². The van der Waals surface area contributed by atoms with Crippen LogP contribution >= 0.6 is 23.2 Å². The van der Waals surface area contributed by atoms with Gasteiger partial charge in [-0.3, -0.25) is 4.72 Å². The molecule has 0 unspecified atom stereocenters. The zero-order chi connectivity index (χ0) is 15.5. The second-order valence-electron chi connectivity index (χ2n) is 3.96. The molecule has 1 aromatic heterocycles. The molecule has 0 saturated carbocycles. The predicted molar refractivity (Wildman–Crippen MR) is 79.5 cm³/mol. The summed E-state index contributed by atoms with van der Waals surface area (Å²) in [7, 11) is -3.79. The van der Waals surface area contributed by atoms with Gasteiger partial charge in [0.1, 0.15) is 11.3 Å². The standard InChI is InChI=1S/C12H8Cl2N4O2S/c13-10-11(14)16-7-17-12(10)18-21(19,20)6-9-4-2-1-3-8(9)5-15/h1-4,7H,6H2,(H,16,17,18). The fraction of sp³-hybridized carbons (Fsp3) is 0.0833. The van der Waals surface area contributed by atoms with Gasteiger partial charge in [0, 0.05) is 0 Å². The van der Waals surface area contributed by atoms with E-state index in [0.29, 0.717) is 5.56 Å². The van der Waals surface area contributed by atoms with Gasteiger partial charge in [-0.2, -0.15) is 5.26 Å². The number of aromatic nitrogens is 2. The summed E-state index contributed by atoms with van der Waals surface area (Å²) >= 11 is 11.5. The first-order chi connectivity index (χ1) is 9.93. The van der Waals surface area contributed by atoms with E-state index in [1.54, 1.807) is 24.3 Å². The van der Waals surface area contributed by atoms with Crippen LogP contribution in [0.3, 0.4) is 0 Å². The fourth-order valence-corrected chi connectivity index (χ4v) is 3.08. The Bertz CT molecular complexity index is 818. The molecule has 0 saturated heterocycles. The summed E-state index contributed by atoms with van der Waals surface area (Å²) in [4.78, 5) is 7.35. The first-order valence-corrected chi connectivity index (χ1v) is 7.98. The SMILES string of the molecule is N#Cc1ccccc1CS(=O)(=O)Nc1ncnc(Cl)c1Cl. The van der Waals surface area contributed by atoms with Crippen LogP contribution in [0.15, 0.2) is 30.6 Å². The lowest BCUT2D eigenvalue weighted by atomic mass is 10.1. The molecule has 0 fully saturated rings. The molecule has 0 spiro atoms. The molecule has 1 heterocycles. The van der Waals surface area contributed by atoms with E-state index in [0.717, 1.165) is 6.33 Å². The minimum atomic E-state index is -3.79. The van der Waals surface area contributed by atoms with Crippen LogP contribution in [-0.2, 0) is 15.8 Å². The highest BCUT2D eigenvalue weighted by Crippen LogP contribution is 2.26. The van der Waals surface area contributed by atoms with Crippen molar-refractivity contribution in [3.05, 3.63) is 51.9 Å². The first kappa shape index (κ1) is 15.5. The smallest absolute Gasteiger partial charge is 0.238 e. The van der Waals surface area contributed by atoms with Gasteiger partial charge in [0.15, 0.2) is 11.0 Å². The largest absolute Gasteiger partial charge is 0.266 e. The third-order valence-corrected chi connectivity index (χ3v) is 4.42. The van der Waals surface area contributed by atoms with Gasteiger partial charge in [-0.15, -0.1) is 0 Å². The lowest BCUT2D eigenvalue weighted by Gasteiger charge is -2.09. The van der Waals surface area contributed by atoms with E-state index < -0.39 is 10.0 Å². The molecule has 0 aliphatic carbocycles. The summed E-state index contributed by atoms with van der Waals surface area (Å²) < 4.78 is 26.5. The van der Waals surface area contributed by atoms with E-state index >= 15 is 0 Å². The molecular formula is C12H8Cl2N4O2S. The molecule has 1 N–H and O–H groups in total. The Hall–Kier alpha value is -1.88. The van der Waals surface area contributed by atoms with Crippen LogP contribution in [0.1, 0.15) is 11.1 Å². The van der Waals surface area contributed by atoms with Gasteiger partial charge in [-0.1, -0.05) is 41.4 Å². The maximum Gasteiger partial charge on any atom is 0.238 e. The van der Waals surface area contributed by atoms with Gasteiger partial charge in [-0.25, -0.2) is 18.4 Å². The minimum absolute atomic E-state index is 0.0539. The highest BCUT2D eigenvalue weighted by Gasteiger charge is 2.17. The van der Waals surface area contributed by atoms with Gasteiger partial charge in [0.05, 0.1) is 17.4 Å². The van der Waals surface area contributed by atoms with Gasteiger partial charge in [-0.05, 0) is 11.6 Å². The van der Waals surface area contributed by atoms with Crippen molar-refractivity contribution in [1.29, 1.82) is 5.26 Å². The molecule has 9 heteroatoms. The number of nitrogens with one attached hydrogen (secondary N) is 1. The molecule has 0 bridgehead atoms. The molecule has 6 nitrogen and oxygen atoms in total. The quantitative estimate of drug-likeness (QED) is 0.861. The number of nitriles is 1. The Balaban J connectivity index is 2.28. The lowest BCUT2D eigenvalue weighted by molar-refractivity contribution is 0.600. The van der Waals surface area contributed by atoms with Crippen molar-refractivity contribution in [3.8, 4) is 6.07 Å².